The standard InChI is InChI=1S/C14H25N5S/c1-4-6-15-12-8-13(18-14(17-12)20-3)16-9-11-5-7-19(2)10-11/h8,11H,4-7,9-10H2,1-3H3,(H2,15,16,17,18). The highest BCUT2D eigenvalue weighted by Crippen LogP contribution is 2.19. The van der Waals surface area contributed by atoms with E-state index in [0.717, 1.165) is 42.2 Å². The van der Waals surface area contributed by atoms with Gasteiger partial charge < -0.3 is 15.5 Å². The molecule has 1 atom stereocenters. The van der Waals surface area contributed by atoms with Gasteiger partial charge in [0, 0.05) is 25.7 Å². The van der Waals surface area contributed by atoms with Crippen LogP contribution < -0.4 is 10.6 Å². The van der Waals surface area contributed by atoms with Gasteiger partial charge in [-0.05, 0) is 38.6 Å². The molecule has 1 aromatic heterocycles. The van der Waals surface area contributed by atoms with Gasteiger partial charge in [0.25, 0.3) is 0 Å². The number of rotatable bonds is 7. The van der Waals surface area contributed by atoms with Crippen LogP contribution in [0, 0.1) is 5.92 Å². The molecule has 2 rings (SSSR count). The molecule has 0 radical (unpaired) electrons. The SMILES string of the molecule is CCCNc1cc(NCC2CCN(C)C2)nc(SC)n1. The molecule has 5 nitrogen and oxygen atoms in total. The number of thioether (sulfide) groups is 1. The van der Waals surface area contributed by atoms with E-state index in [9.17, 15) is 0 Å². The molecule has 1 saturated heterocycles. The molecule has 0 saturated carbocycles. The molecule has 0 amide bonds. The Balaban J connectivity index is 1.95. The molecule has 2 heterocycles. The van der Waals surface area contributed by atoms with Gasteiger partial charge in [-0.25, -0.2) is 9.97 Å². The van der Waals surface area contributed by atoms with Crippen LogP contribution in [-0.4, -0.2) is 54.4 Å². The molecule has 1 fully saturated rings. The van der Waals surface area contributed by atoms with Crippen molar-refractivity contribution < 1.29 is 0 Å². The number of hydrogen-bond acceptors (Lipinski definition) is 6. The van der Waals surface area contributed by atoms with E-state index in [0.29, 0.717) is 0 Å². The highest BCUT2D eigenvalue weighted by molar-refractivity contribution is 7.98. The van der Waals surface area contributed by atoms with Crippen LogP contribution in [-0.2, 0) is 0 Å². The van der Waals surface area contributed by atoms with Gasteiger partial charge in [0.05, 0.1) is 0 Å². The van der Waals surface area contributed by atoms with Crippen molar-refractivity contribution in [3.8, 4) is 0 Å². The van der Waals surface area contributed by atoms with Crippen molar-refractivity contribution in [1.82, 2.24) is 14.9 Å². The van der Waals surface area contributed by atoms with E-state index in [4.69, 9.17) is 0 Å². The number of nitrogens with one attached hydrogen (secondary N) is 2. The molecule has 1 aliphatic heterocycles. The molecule has 20 heavy (non-hydrogen) atoms. The van der Waals surface area contributed by atoms with E-state index in [-0.39, 0.29) is 0 Å². The predicted molar refractivity (Wildman–Crippen MR) is 86.7 cm³/mol. The van der Waals surface area contributed by atoms with E-state index in [2.05, 4.69) is 39.5 Å². The Hall–Kier alpha value is -1.01. The van der Waals surface area contributed by atoms with Crippen LogP contribution in [0.2, 0.25) is 0 Å². The zero-order chi connectivity index (χ0) is 14.4. The first-order valence-electron chi connectivity index (χ1n) is 7.30. The fraction of sp³-hybridized carbons (Fsp3) is 0.714. The zero-order valence-electron chi connectivity index (χ0n) is 12.6. The third-order valence-corrected chi connectivity index (χ3v) is 4.05. The minimum absolute atomic E-state index is 0.722. The van der Waals surface area contributed by atoms with E-state index in [1.807, 2.05) is 12.3 Å². The summed E-state index contributed by atoms with van der Waals surface area (Å²) in [5.41, 5.74) is 0. The van der Waals surface area contributed by atoms with Crippen molar-refractivity contribution in [1.29, 1.82) is 0 Å². The lowest BCUT2D eigenvalue weighted by molar-refractivity contribution is 0.399. The second-order valence-corrected chi connectivity index (χ2v) is 6.12. The van der Waals surface area contributed by atoms with Gasteiger partial charge in [0.15, 0.2) is 5.16 Å². The Morgan fingerprint density at radius 2 is 2.10 bits per heavy atom. The number of nitrogens with zero attached hydrogens (tertiary/aromatic N) is 3. The van der Waals surface area contributed by atoms with Crippen molar-refractivity contribution in [2.24, 2.45) is 5.92 Å². The summed E-state index contributed by atoms with van der Waals surface area (Å²) < 4.78 is 0. The summed E-state index contributed by atoms with van der Waals surface area (Å²) in [5, 5.41) is 7.62. The maximum atomic E-state index is 4.53. The van der Waals surface area contributed by atoms with E-state index < -0.39 is 0 Å². The smallest absolute Gasteiger partial charge is 0.191 e. The molecule has 6 heteroatoms. The lowest BCUT2D eigenvalue weighted by Crippen LogP contribution is -2.19. The number of anilines is 2. The quantitative estimate of drug-likeness (QED) is 0.595. The van der Waals surface area contributed by atoms with Gasteiger partial charge in [-0.3, -0.25) is 0 Å². The maximum Gasteiger partial charge on any atom is 0.191 e. The second-order valence-electron chi connectivity index (χ2n) is 5.35. The molecule has 0 spiro atoms. The minimum Gasteiger partial charge on any atom is -0.370 e. The van der Waals surface area contributed by atoms with Crippen molar-refractivity contribution in [2.75, 3.05) is 50.1 Å². The molecule has 1 aromatic rings. The number of aromatic nitrogens is 2. The highest BCUT2D eigenvalue weighted by Gasteiger charge is 2.19. The summed E-state index contributed by atoms with van der Waals surface area (Å²) in [7, 11) is 2.18. The molecule has 1 aliphatic rings. The van der Waals surface area contributed by atoms with Gasteiger partial charge in [-0.2, -0.15) is 0 Å². The Labute approximate surface area is 125 Å². The van der Waals surface area contributed by atoms with Crippen molar-refractivity contribution in [3.05, 3.63) is 6.07 Å². The van der Waals surface area contributed by atoms with E-state index >= 15 is 0 Å². The van der Waals surface area contributed by atoms with Crippen LogP contribution in [0.3, 0.4) is 0 Å². The second kappa shape index (κ2) is 7.69. The number of hydrogen-bond donors (Lipinski definition) is 2. The summed E-state index contributed by atoms with van der Waals surface area (Å²) >= 11 is 1.58. The Kier molecular flexibility index (Phi) is 5.91. The first kappa shape index (κ1) is 15.4. The van der Waals surface area contributed by atoms with Crippen LogP contribution in [0.15, 0.2) is 11.2 Å². The van der Waals surface area contributed by atoms with Crippen LogP contribution in [0.4, 0.5) is 11.6 Å². The zero-order valence-corrected chi connectivity index (χ0v) is 13.5. The maximum absolute atomic E-state index is 4.53. The van der Waals surface area contributed by atoms with Gasteiger partial charge >= 0.3 is 0 Å². The van der Waals surface area contributed by atoms with Crippen LogP contribution in [0.1, 0.15) is 19.8 Å². The summed E-state index contributed by atoms with van der Waals surface area (Å²) in [6.07, 6.45) is 4.37. The van der Waals surface area contributed by atoms with Crippen molar-refractivity contribution in [3.63, 3.8) is 0 Å². The van der Waals surface area contributed by atoms with Crippen LogP contribution in [0.25, 0.3) is 0 Å². The Morgan fingerprint density at radius 1 is 1.35 bits per heavy atom. The lowest BCUT2D eigenvalue weighted by Gasteiger charge is -2.13. The van der Waals surface area contributed by atoms with Gasteiger partial charge in [-0.1, -0.05) is 18.7 Å². The minimum atomic E-state index is 0.722. The Bertz CT molecular complexity index is 426. The molecule has 1 unspecified atom stereocenters. The average molecular weight is 295 g/mol. The van der Waals surface area contributed by atoms with Gasteiger partial charge in [0.2, 0.25) is 0 Å². The summed E-state index contributed by atoms with van der Waals surface area (Å²) in [4.78, 5) is 11.4. The predicted octanol–water partition coefficient (Wildman–Crippen LogP) is 2.38. The summed E-state index contributed by atoms with van der Waals surface area (Å²) in [6, 6.07) is 2.01. The lowest BCUT2D eigenvalue weighted by atomic mass is 10.1. The monoisotopic (exact) mass is 295 g/mol. The summed E-state index contributed by atoms with van der Waals surface area (Å²) in [6.45, 7) is 6.46. The van der Waals surface area contributed by atoms with Crippen LogP contribution in [0.5, 0.6) is 0 Å². The molecule has 112 valence electrons. The summed E-state index contributed by atoms with van der Waals surface area (Å²) in [5.74, 6) is 2.56. The molecule has 0 aliphatic carbocycles. The number of likely N-dealkylation sites (tertiary alicyclic amines) is 1. The molecule has 0 aromatic carbocycles. The third kappa shape index (κ3) is 4.52. The highest BCUT2D eigenvalue weighted by atomic mass is 32.2. The van der Waals surface area contributed by atoms with Crippen molar-refractivity contribution >= 4 is 23.4 Å². The first-order valence-corrected chi connectivity index (χ1v) is 8.53. The largest absolute Gasteiger partial charge is 0.370 e. The van der Waals surface area contributed by atoms with Gasteiger partial charge in [-0.15, -0.1) is 0 Å². The van der Waals surface area contributed by atoms with E-state index in [1.165, 1.54) is 19.5 Å². The topological polar surface area (TPSA) is 53.1 Å². The fourth-order valence-electron chi connectivity index (χ4n) is 2.39. The molecule has 0 bridgehead atoms. The third-order valence-electron chi connectivity index (χ3n) is 3.51. The normalized spacial score (nSPS) is 19.2. The molecular formula is C14H25N5S. The van der Waals surface area contributed by atoms with Crippen molar-refractivity contribution in [2.45, 2.75) is 24.9 Å². The molecular weight excluding hydrogens is 270 g/mol. The molecule has 2 N–H and O–H groups in total. The fourth-order valence-corrected chi connectivity index (χ4v) is 2.77. The van der Waals surface area contributed by atoms with Crippen LogP contribution >= 0.6 is 11.8 Å². The average Bonchev–Trinajstić information content (AvgIpc) is 2.88. The first-order chi connectivity index (χ1) is 9.71. The Morgan fingerprint density at radius 3 is 2.70 bits per heavy atom. The van der Waals surface area contributed by atoms with Gasteiger partial charge in [0.1, 0.15) is 11.6 Å². The van der Waals surface area contributed by atoms with E-state index in [1.54, 1.807) is 11.8 Å².